The molecule has 1 amide bonds. The fraction of sp³-hybridized carbons (Fsp3) is 0.462. The van der Waals surface area contributed by atoms with Gasteiger partial charge < -0.3 is 19.6 Å². The molecule has 0 spiro atoms. The van der Waals surface area contributed by atoms with Crippen molar-refractivity contribution in [2.75, 3.05) is 37.6 Å². The molecule has 1 aliphatic heterocycles. The molecule has 7 heteroatoms. The number of phenolic OH excluding ortho intramolecular Hbond substituents is 1. The minimum absolute atomic E-state index is 0.0314. The minimum Gasteiger partial charge on any atom is -0.508 e. The molecular weight excluding hydrogens is 418 g/mol. The van der Waals surface area contributed by atoms with Gasteiger partial charge in [-0.05, 0) is 63.4 Å². The summed E-state index contributed by atoms with van der Waals surface area (Å²) in [6, 6.07) is 14.5. The number of rotatable bonds is 7. The van der Waals surface area contributed by atoms with Crippen LogP contribution in [0.1, 0.15) is 31.9 Å². The van der Waals surface area contributed by atoms with Crippen LogP contribution in [0.5, 0.6) is 5.75 Å². The Morgan fingerprint density at radius 2 is 1.67 bits per heavy atom. The Morgan fingerprint density at radius 3 is 2.27 bits per heavy atom. The van der Waals surface area contributed by atoms with Crippen LogP contribution in [-0.4, -0.2) is 66.2 Å². The fourth-order valence-electron chi connectivity index (χ4n) is 4.01. The summed E-state index contributed by atoms with van der Waals surface area (Å²) in [4.78, 5) is 29.8. The van der Waals surface area contributed by atoms with Crippen LogP contribution in [0.15, 0.2) is 48.5 Å². The van der Waals surface area contributed by atoms with E-state index in [1.165, 1.54) is 11.3 Å². The Balaban J connectivity index is 1.65. The lowest BCUT2D eigenvalue weighted by Gasteiger charge is -2.38. The monoisotopic (exact) mass is 453 g/mol. The maximum atomic E-state index is 13.4. The third-order valence-electron chi connectivity index (χ3n) is 5.63. The van der Waals surface area contributed by atoms with Crippen LogP contribution in [0.3, 0.4) is 0 Å². The van der Waals surface area contributed by atoms with Gasteiger partial charge in [0.1, 0.15) is 11.4 Å². The molecule has 0 radical (unpaired) electrons. The number of carbonyl (C=O) groups excluding carboxylic acids is 2. The van der Waals surface area contributed by atoms with Crippen LogP contribution in [-0.2, 0) is 20.7 Å². The minimum atomic E-state index is -0.582. The van der Waals surface area contributed by atoms with E-state index in [9.17, 15) is 14.7 Å². The largest absolute Gasteiger partial charge is 0.508 e. The lowest BCUT2D eigenvalue weighted by Crippen LogP contribution is -2.55. The number of esters is 1. The van der Waals surface area contributed by atoms with Gasteiger partial charge in [-0.15, -0.1) is 0 Å². The number of aryl methyl sites for hydroxylation is 1. The fourth-order valence-corrected chi connectivity index (χ4v) is 4.01. The summed E-state index contributed by atoms with van der Waals surface area (Å²) in [6.45, 7) is 10.3. The number of piperazine rings is 1. The molecule has 2 N–H and O–H groups in total. The number of phenols is 1. The van der Waals surface area contributed by atoms with Crippen LogP contribution in [0.25, 0.3) is 0 Å². The summed E-state index contributed by atoms with van der Waals surface area (Å²) < 4.78 is 5.39. The highest BCUT2D eigenvalue weighted by molar-refractivity contribution is 5.83. The standard InChI is InChI=1S/C26H35N3O4/c1-19-7-5-6-8-23(19)28-13-15-29(16-14-28)25(32)22(17-20-9-11-21(30)12-10-20)27-18-24(31)33-26(2,3)4/h5-12,22,27,30H,13-18H2,1-4H3. The SMILES string of the molecule is Cc1ccccc1N1CCN(C(=O)C(Cc2ccc(O)cc2)NCC(=O)OC(C)(C)C)CC1. The zero-order chi connectivity index (χ0) is 24.0. The van der Waals surface area contributed by atoms with E-state index in [0.717, 1.165) is 18.7 Å². The number of nitrogens with one attached hydrogen (secondary N) is 1. The van der Waals surface area contributed by atoms with Gasteiger partial charge in [0, 0.05) is 31.9 Å². The molecule has 1 atom stereocenters. The first-order valence-electron chi connectivity index (χ1n) is 11.4. The van der Waals surface area contributed by atoms with E-state index in [2.05, 4.69) is 29.3 Å². The van der Waals surface area contributed by atoms with Crippen molar-refractivity contribution < 1.29 is 19.4 Å². The molecule has 7 nitrogen and oxygen atoms in total. The molecular formula is C26H35N3O4. The van der Waals surface area contributed by atoms with Crippen LogP contribution in [0.4, 0.5) is 5.69 Å². The normalized spacial score (nSPS) is 15.3. The van der Waals surface area contributed by atoms with Crippen molar-refractivity contribution in [3.8, 4) is 5.75 Å². The van der Waals surface area contributed by atoms with Crippen LogP contribution in [0, 0.1) is 6.92 Å². The molecule has 1 heterocycles. The number of aromatic hydroxyl groups is 1. The first-order chi connectivity index (χ1) is 15.6. The zero-order valence-electron chi connectivity index (χ0n) is 20.0. The van der Waals surface area contributed by atoms with Crippen LogP contribution in [0.2, 0.25) is 0 Å². The molecule has 0 aromatic heterocycles. The molecule has 0 bridgehead atoms. The number of amides is 1. The smallest absolute Gasteiger partial charge is 0.320 e. The maximum Gasteiger partial charge on any atom is 0.320 e. The van der Waals surface area contributed by atoms with Gasteiger partial charge in [-0.2, -0.15) is 0 Å². The molecule has 0 saturated carbocycles. The first kappa shape index (κ1) is 24.6. The molecule has 2 aromatic carbocycles. The third kappa shape index (κ3) is 7.22. The summed E-state index contributed by atoms with van der Waals surface area (Å²) in [5.41, 5.74) is 2.75. The number of benzene rings is 2. The Labute approximate surface area is 196 Å². The van der Waals surface area contributed by atoms with Gasteiger partial charge in [0.2, 0.25) is 5.91 Å². The van der Waals surface area contributed by atoms with E-state index in [1.807, 2.05) is 37.8 Å². The highest BCUT2D eigenvalue weighted by atomic mass is 16.6. The highest BCUT2D eigenvalue weighted by Crippen LogP contribution is 2.21. The molecule has 3 rings (SSSR count). The summed E-state index contributed by atoms with van der Waals surface area (Å²) in [5.74, 6) is -0.248. The summed E-state index contributed by atoms with van der Waals surface area (Å²) in [6.07, 6.45) is 0.417. The number of hydrogen-bond donors (Lipinski definition) is 2. The van der Waals surface area contributed by atoms with E-state index in [4.69, 9.17) is 4.74 Å². The van der Waals surface area contributed by atoms with E-state index < -0.39 is 17.6 Å². The number of para-hydroxylation sites is 1. The molecule has 178 valence electrons. The lowest BCUT2D eigenvalue weighted by molar-refractivity contribution is -0.153. The van der Waals surface area contributed by atoms with Gasteiger partial charge in [0.25, 0.3) is 0 Å². The molecule has 1 aliphatic rings. The van der Waals surface area contributed by atoms with Gasteiger partial charge in [-0.1, -0.05) is 30.3 Å². The van der Waals surface area contributed by atoms with Gasteiger partial charge in [0.05, 0.1) is 12.6 Å². The second kappa shape index (κ2) is 10.7. The van der Waals surface area contributed by atoms with E-state index in [-0.39, 0.29) is 18.2 Å². The lowest BCUT2D eigenvalue weighted by atomic mass is 10.0. The van der Waals surface area contributed by atoms with Gasteiger partial charge in [-0.25, -0.2) is 0 Å². The summed E-state index contributed by atoms with van der Waals surface area (Å²) in [5, 5.41) is 12.7. The van der Waals surface area contributed by atoms with Crippen molar-refractivity contribution in [3.63, 3.8) is 0 Å². The molecule has 0 aliphatic carbocycles. The first-order valence-corrected chi connectivity index (χ1v) is 11.4. The van der Waals surface area contributed by atoms with Gasteiger partial charge in [-0.3, -0.25) is 14.9 Å². The van der Waals surface area contributed by atoms with Crippen molar-refractivity contribution >= 4 is 17.6 Å². The third-order valence-corrected chi connectivity index (χ3v) is 5.63. The predicted octanol–water partition coefficient (Wildman–Crippen LogP) is 2.89. The van der Waals surface area contributed by atoms with Gasteiger partial charge >= 0.3 is 5.97 Å². The Bertz CT molecular complexity index is 945. The topological polar surface area (TPSA) is 82.1 Å². The van der Waals surface area contributed by atoms with Crippen molar-refractivity contribution in [1.29, 1.82) is 0 Å². The van der Waals surface area contributed by atoms with Crippen molar-refractivity contribution in [2.45, 2.75) is 45.8 Å². The quantitative estimate of drug-likeness (QED) is 0.628. The number of nitrogens with zero attached hydrogens (tertiary/aromatic N) is 2. The van der Waals surface area contributed by atoms with Crippen molar-refractivity contribution in [2.24, 2.45) is 0 Å². The molecule has 2 aromatic rings. The second-order valence-electron chi connectivity index (χ2n) is 9.49. The average Bonchev–Trinajstić information content (AvgIpc) is 2.77. The van der Waals surface area contributed by atoms with E-state index >= 15 is 0 Å². The molecule has 1 saturated heterocycles. The van der Waals surface area contributed by atoms with Gasteiger partial charge in [0.15, 0.2) is 0 Å². The van der Waals surface area contributed by atoms with Crippen LogP contribution < -0.4 is 10.2 Å². The Morgan fingerprint density at radius 1 is 1.03 bits per heavy atom. The van der Waals surface area contributed by atoms with Crippen molar-refractivity contribution in [1.82, 2.24) is 10.2 Å². The van der Waals surface area contributed by atoms with E-state index in [1.54, 1.807) is 24.3 Å². The van der Waals surface area contributed by atoms with Crippen LogP contribution >= 0.6 is 0 Å². The highest BCUT2D eigenvalue weighted by Gasteiger charge is 2.29. The Kier molecular flexibility index (Phi) is 7.97. The molecule has 33 heavy (non-hydrogen) atoms. The summed E-state index contributed by atoms with van der Waals surface area (Å²) in [7, 11) is 0. The second-order valence-corrected chi connectivity index (χ2v) is 9.49. The maximum absolute atomic E-state index is 13.4. The number of carbonyl (C=O) groups is 2. The number of ether oxygens (including phenoxy) is 1. The number of hydrogen-bond acceptors (Lipinski definition) is 6. The zero-order valence-corrected chi connectivity index (χ0v) is 20.0. The molecule has 1 fully saturated rings. The van der Waals surface area contributed by atoms with Crippen molar-refractivity contribution in [3.05, 3.63) is 59.7 Å². The average molecular weight is 454 g/mol. The summed E-state index contributed by atoms with van der Waals surface area (Å²) >= 11 is 0. The Hall–Kier alpha value is -3.06. The number of anilines is 1. The van der Waals surface area contributed by atoms with E-state index in [0.29, 0.717) is 19.5 Å². The molecule has 1 unspecified atom stereocenters. The predicted molar refractivity (Wildman–Crippen MR) is 129 cm³/mol.